The van der Waals surface area contributed by atoms with E-state index < -0.39 is 0 Å². The number of halogens is 2. The van der Waals surface area contributed by atoms with Crippen molar-refractivity contribution in [2.24, 2.45) is 0 Å². The second-order valence-electron chi connectivity index (χ2n) is 5.01. The van der Waals surface area contributed by atoms with Gasteiger partial charge in [0.2, 0.25) is 0 Å². The molecule has 2 aromatic carbocycles. The van der Waals surface area contributed by atoms with Crippen LogP contribution in [-0.2, 0) is 6.54 Å². The molecule has 7 heteroatoms. The Bertz CT molecular complexity index is 992. The van der Waals surface area contributed by atoms with E-state index in [1.54, 1.807) is 36.4 Å². The fourth-order valence-corrected chi connectivity index (χ4v) is 2.78. The molecular formula is C17H11Cl2N3O2. The van der Waals surface area contributed by atoms with Crippen molar-refractivity contribution in [2.75, 3.05) is 6.61 Å². The number of fused-ring (bicyclic) bond motifs is 1. The fraction of sp³-hybridized carbons (Fsp3) is 0.118. The van der Waals surface area contributed by atoms with Gasteiger partial charge in [-0.05, 0) is 36.4 Å². The monoisotopic (exact) mass is 359 g/mol. The van der Waals surface area contributed by atoms with Crippen LogP contribution in [0.2, 0.25) is 10.0 Å². The van der Waals surface area contributed by atoms with Crippen LogP contribution in [0.5, 0.6) is 5.75 Å². The van der Waals surface area contributed by atoms with Gasteiger partial charge in [0.1, 0.15) is 12.4 Å². The van der Waals surface area contributed by atoms with Gasteiger partial charge in [-0.2, -0.15) is 5.26 Å². The Morgan fingerprint density at radius 3 is 2.67 bits per heavy atom. The smallest absolute Gasteiger partial charge is 0.261 e. The van der Waals surface area contributed by atoms with Crippen molar-refractivity contribution in [3.63, 3.8) is 0 Å². The van der Waals surface area contributed by atoms with Crippen molar-refractivity contribution in [3.8, 4) is 11.8 Å². The van der Waals surface area contributed by atoms with Gasteiger partial charge in [0.05, 0.1) is 40.4 Å². The van der Waals surface area contributed by atoms with E-state index in [4.69, 9.17) is 33.2 Å². The van der Waals surface area contributed by atoms with E-state index in [0.29, 0.717) is 38.8 Å². The topological polar surface area (TPSA) is 67.9 Å². The predicted molar refractivity (Wildman–Crippen MR) is 92.7 cm³/mol. The summed E-state index contributed by atoms with van der Waals surface area (Å²) in [5.74, 6) is 0.627. The Balaban J connectivity index is 1.77. The van der Waals surface area contributed by atoms with Crippen molar-refractivity contribution in [1.29, 1.82) is 5.26 Å². The Labute approximate surface area is 147 Å². The standard InChI is InChI=1S/C17H11Cl2N3O2/c18-12-7-14-16(15(19)8-12)21-10-22(17(14)23)5-6-24-13-3-1-11(9-20)2-4-13/h1-4,7-8,10H,5-6H2. The summed E-state index contributed by atoms with van der Waals surface area (Å²) in [5, 5.41) is 9.85. The zero-order valence-electron chi connectivity index (χ0n) is 12.4. The summed E-state index contributed by atoms with van der Waals surface area (Å²) >= 11 is 12.0. The highest BCUT2D eigenvalue weighted by atomic mass is 35.5. The number of hydrogen-bond acceptors (Lipinski definition) is 4. The third-order valence-electron chi connectivity index (χ3n) is 3.43. The first-order chi connectivity index (χ1) is 11.6. The van der Waals surface area contributed by atoms with E-state index >= 15 is 0 Å². The lowest BCUT2D eigenvalue weighted by Crippen LogP contribution is -2.23. The highest BCUT2D eigenvalue weighted by molar-refractivity contribution is 6.38. The first-order valence-electron chi connectivity index (χ1n) is 7.05. The first kappa shape index (κ1) is 16.3. The van der Waals surface area contributed by atoms with Crippen molar-refractivity contribution in [1.82, 2.24) is 9.55 Å². The second kappa shape index (κ2) is 6.91. The molecule has 0 aliphatic heterocycles. The fourth-order valence-electron chi connectivity index (χ4n) is 2.24. The Hall–Kier alpha value is -2.55. The molecule has 5 nitrogen and oxygen atoms in total. The summed E-state index contributed by atoms with van der Waals surface area (Å²) in [4.78, 5) is 16.7. The maximum absolute atomic E-state index is 12.5. The number of ether oxygens (including phenoxy) is 1. The number of aromatic nitrogens is 2. The van der Waals surface area contributed by atoms with Gasteiger partial charge >= 0.3 is 0 Å². The van der Waals surface area contributed by atoms with Crippen LogP contribution in [-0.4, -0.2) is 16.2 Å². The third-order valence-corrected chi connectivity index (χ3v) is 3.94. The largest absolute Gasteiger partial charge is 0.492 e. The second-order valence-corrected chi connectivity index (χ2v) is 5.86. The van der Waals surface area contributed by atoms with Gasteiger partial charge in [0, 0.05) is 5.02 Å². The van der Waals surface area contributed by atoms with Gasteiger partial charge in [0.15, 0.2) is 0 Å². The molecule has 120 valence electrons. The maximum Gasteiger partial charge on any atom is 0.261 e. The van der Waals surface area contributed by atoms with Gasteiger partial charge in [-0.1, -0.05) is 23.2 Å². The van der Waals surface area contributed by atoms with Gasteiger partial charge < -0.3 is 4.74 Å². The average molecular weight is 360 g/mol. The van der Waals surface area contributed by atoms with Gasteiger partial charge in [0.25, 0.3) is 5.56 Å². The van der Waals surface area contributed by atoms with Gasteiger partial charge in [-0.3, -0.25) is 9.36 Å². The van der Waals surface area contributed by atoms with E-state index in [1.165, 1.54) is 10.9 Å². The van der Waals surface area contributed by atoms with E-state index in [9.17, 15) is 4.79 Å². The highest BCUT2D eigenvalue weighted by Crippen LogP contribution is 2.23. The molecule has 0 aliphatic carbocycles. The summed E-state index contributed by atoms with van der Waals surface area (Å²) in [6.07, 6.45) is 1.44. The molecule has 1 aromatic heterocycles. The number of hydrogen-bond donors (Lipinski definition) is 0. The van der Waals surface area contributed by atoms with Crippen LogP contribution in [0, 0.1) is 11.3 Å². The molecular weight excluding hydrogens is 349 g/mol. The molecule has 0 bridgehead atoms. The predicted octanol–water partition coefficient (Wildman–Crippen LogP) is 3.65. The van der Waals surface area contributed by atoms with Crippen molar-refractivity contribution in [2.45, 2.75) is 6.54 Å². The quantitative estimate of drug-likeness (QED) is 0.712. The molecule has 0 spiro atoms. The molecule has 0 fully saturated rings. The molecule has 1 heterocycles. The lowest BCUT2D eigenvalue weighted by molar-refractivity contribution is 0.296. The lowest BCUT2D eigenvalue weighted by Gasteiger charge is -2.09. The number of nitrogens with zero attached hydrogens (tertiary/aromatic N) is 3. The van der Waals surface area contributed by atoms with Crippen LogP contribution in [0.1, 0.15) is 5.56 Å². The van der Waals surface area contributed by atoms with Crippen LogP contribution < -0.4 is 10.3 Å². The van der Waals surface area contributed by atoms with Crippen molar-refractivity contribution < 1.29 is 4.74 Å². The molecule has 0 saturated carbocycles. The van der Waals surface area contributed by atoms with Crippen LogP contribution >= 0.6 is 23.2 Å². The van der Waals surface area contributed by atoms with E-state index in [2.05, 4.69) is 4.98 Å². The first-order valence-corrected chi connectivity index (χ1v) is 7.81. The molecule has 0 aliphatic rings. The van der Waals surface area contributed by atoms with Crippen molar-refractivity contribution in [3.05, 3.63) is 68.7 Å². The number of rotatable bonds is 4. The van der Waals surface area contributed by atoms with Gasteiger partial charge in [-0.15, -0.1) is 0 Å². The zero-order chi connectivity index (χ0) is 17.1. The molecule has 0 saturated heterocycles. The van der Waals surface area contributed by atoms with Gasteiger partial charge in [-0.25, -0.2) is 4.98 Å². The molecule has 3 rings (SSSR count). The molecule has 0 atom stereocenters. The SMILES string of the molecule is N#Cc1ccc(OCCn2cnc3c(Cl)cc(Cl)cc3c2=O)cc1. The molecule has 24 heavy (non-hydrogen) atoms. The summed E-state index contributed by atoms with van der Waals surface area (Å²) in [6, 6.07) is 11.9. The van der Waals surface area contributed by atoms with Crippen LogP contribution in [0.3, 0.4) is 0 Å². The molecule has 0 N–H and O–H groups in total. The minimum atomic E-state index is -0.229. The van der Waals surface area contributed by atoms with Crippen LogP contribution in [0.15, 0.2) is 47.5 Å². The maximum atomic E-state index is 12.5. The normalized spacial score (nSPS) is 10.5. The minimum absolute atomic E-state index is 0.229. The third kappa shape index (κ3) is 3.35. The highest BCUT2D eigenvalue weighted by Gasteiger charge is 2.09. The van der Waals surface area contributed by atoms with Crippen molar-refractivity contribution >= 4 is 34.1 Å². The Kier molecular flexibility index (Phi) is 4.70. The van der Waals surface area contributed by atoms with E-state index in [0.717, 1.165) is 0 Å². The summed E-state index contributed by atoms with van der Waals surface area (Å²) in [7, 11) is 0. The average Bonchev–Trinajstić information content (AvgIpc) is 2.58. The van der Waals surface area contributed by atoms with Crippen LogP contribution in [0.4, 0.5) is 0 Å². The summed E-state index contributed by atoms with van der Waals surface area (Å²) in [5.41, 5.74) is 0.759. The molecule has 0 amide bonds. The Morgan fingerprint density at radius 2 is 1.96 bits per heavy atom. The summed E-state index contributed by atoms with van der Waals surface area (Å²) < 4.78 is 7.02. The van der Waals surface area contributed by atoms with E-state index in [1.807, 2.05) is 6.07 Å². The lowest BCUT2D eigenvalue weighted by atomic mass is 10.2. The number of nitriles is 1. The number of benzene rings is 2. The summed E-state index contributed by atoms with van der Waals surface area (Å²) in [6.45, 7) is 0.610. The Morgan fingerprint density at radius 1 is 1.21 bits per heavy atom. The minimum Gasteiger partial charge on any atom is -0.492 e. The van der Waals surface area contributed by atoms with Crippen LogP contribution in [0.25, 0.3) is 10.9 Å². The molecule has 0 radical (unpaired) electrons. The molecule has 3 aromatic rings. The molecule has 0 unspecified atom stereocenters. The zero-order valence-corrected chi connectivity index (χ0v) is 13.9. The van der Waals surface area contributed by atoms with E-state index in [-0.39, 0.29) is 12.2 Å².